The SMILES string of the molecule is CC(=O)NOC(=O)CCSC[C@H]1C[C@H](O)CC1=O. The molecule has 2 N–H and O–H groups in total. The van der Waals surface area contributed by atoms with Gasteiger partial charge in [-0.2, -0.15) is 17.2 Å². The summed E-state index contributed by atoms with van der Waals surface area (Å²) in [6.45, 7) is 1.25. The molecule has 0 saturated heterocycles. The highest BCUT2D eigenvalue weighted by Crippen LogP contribution is 2.25. The molecule has 102 valence electrons. The number of carbonyl (C=O) groups is 3. The summed E-state index contributed by atoms with van der Waals surface area (Å²) in [6.07, 6.45) is 0.430. The normalized spacial score (nSPS) is 22.9. The number of hydrogen-bond donors (Lipinski definition) is 2. The lowest BCUT2D eigenvalue weighted by molar-refractivity contribution is -0.157. The highest BCUT2D eigenvalue weighted by atomic mass is 32.2. The number of carbonyl (C=O) groups excluding carboxylic acids is 3. The summed E-state index contributed by atoms with van der Waals surface area (Å²) in [5.41, 5.74) is 1.96. The molecule has 0 aromatic carbocycles. The standard InChI is InChI=1S/C11H17NO5S/c1-7(13)12-17-11(16)2-3-18-6-8-4-9(14)5-10(8)15/h8-9,14H,2-6H2,1H3,(H,12,13)/t8-,9+/m1/s1. The molecule has 2 atom stereocenters. The van der Waals surface area contributed by atoms with Crippen molar-refractivity contribution in [3.8, 4) is 0 Å². The van der Waals surface area contributed by atoms with Crippen molar-refractivity contribution < 1.29 is 24.3 Å². The average molecular weight is 275 g/mol. The lowest BCUT2D eigenvalue weighted by atomic mass is 10.1. The van der Waals surface area contributed by atoms with Gasteiger partial charge in [0, 0.05) is 30.8 Å². The minimum absolute atomic E-state index is 0.0934. The van der Waals surface area contributed by atoms with E-state index in [1.807, 2.05) is 5.48 Å². The molecule has 18 heavy (non-hydrogen) atoms. The van der Waals surface area contributed by atoms with Gasteiger partial charge in [0.25, 0.3) is 0 Å². The van der Waals surface area contributed by atoms with Crippen LogP contribution >= 0.6 is 11.8 Å². The number of aliphatic hydroxyl groups is 1. The number of aliphatic hydroxyl groups excluding tert-OH is 1. The van der Waals surface area contributed by atoms with Gasteiger partial charge in [-0.15, -0.1) is 0 Å². The number of Topliss-reactive ketones (excluding diaryl/α,β-unsaturated/α-hetero) is 1. The summed E-state index contributed by atoms with van der Waals surface area (Å²) in [6, 6.07) is 0. The lowest BCUT2D eigenvalue weighted by Gasteiger charge is -2.07. The first-order valence-corrected chi connectivity index (χ1v) is 6.89. The number of thioether (sulfide) groups is 1. The smallest absolute Gasteiger partial charge is 0.333 e. The summed E-state index contributed by atoms with van der Waals surface area (Å²) in [4.78, 5) is 37.4. The van der Waals surface area contributed by atoms with Crippen molar-refractivity contribution in [2.24, 2.45) is 5.92 Å². The first kappa shape index (κ1) is 15.0. The van der Waals surface area contributed by atoms with Crippen LogP contribution in [0.25, 0.3) is 0 Å². The highest BCUT2D eigenvalue weighted by molar-refractivity contribution is 7.99. The molecule has 0 aromatic rings. The first-order valence-electron chi connectivity index (χ1n) is 5.73. The number of rotatable bonds is 5. The van der Waals surface area contributed by atoms with E-state index in [4.69, 9.17) is 0 Å². The molecule has 1 amide bonds. The van der Waals surface area contributed by atoms with Gasteiger partial charge >= 0.3 is 5.97 Å². The minimum atomic E-state index is -0.507. The lowest BCUT2D eigenvalue weighted by Crippen LogP contribution is -2.24. The Balaban J connectivity index is 2.06. The van der Waals surface area contributed by atoms with Crippen LogP contribution in [0.15, 0.2) is 0 Å². The van der Waals surface area contributed by atoms with Crippen molar-refractivity contribution in [2.75, 3.05) is 11.5 Å². The minimum Gasteiger partial charge on any atom is -0.393 e. The van der Waals surface area contributed by atoms with Crippen LogP contribution < -0.4 is 5.48 Å². The Kier molecular flexibility index (Phi) is 6.14. The van der Waals surface area contributed by atoms with Crippen LogP contribution in [0, 0.1) is 5.92 Å². The maximum Gasteiger partial charge on any atom is 0.333 e. The zero-order valence-corrected chi connectivity index (χ0v) is 11.0. The van der Waals surface area contributed by atoms with Gasteiger partial charge < -0.3 is 9.94 Å². The largest absolute Gasteiger partial charge is 0.393 e. The fourth-order valence-corrected chi connectivity index (χ4v) is 2.75. The molecule has 1 aliphatic rings. The summed E-state index contributed by atoms with van der Waals surface area (Å²) in [7, 11) is 0. The van der Waals surface area contributed by atoms with Crippen LogP contribution in [0.1, 0.15) is 26.2 Å². The van der Waals surface area contributed by atoms with E-state index in [0.717, 1.165) is 0 Å². The predicted molar refractivity (Wildman–Crippen MR) is 65.6 cm³/mol. The van der Waals surface area contributed by atoms with E-state index in [1.165, 1.54) is 18.7 Å². The third-order valence-corrected chi connectivity index (χ3v) is 3.66. The molecule has 1 saturated carbocycles. The summed E-state index contributed by atoms with van der Waals surface area (Å²) in [5, 5.41) is 9.29. The summed E-state index contributed by atoms with van der Waals surface area (Å²) < 4.78 is 0. The molecule has 0 radical (unpaired) electrons. The van der Waals surface area contributed by atoms with Gasteiger partial charge in [-0.05, 0) is 6.42 Å². The zero-order chi connectivity index (χ0) is 13.5. The van der Waals surface area contributed by atoms with Gasteiger partial charge in [-0.25, -0.2) is 4.79 Å². The van der Waals surface area contributed by atoms with Gasteiger partial charge in [0.2, 0.25) is 5.91 Å². The van der Waals surface area contributed by atoms with Crippen LogP contribution in [-0.4, -0.2) is 40.4 Å². The van der Waals surface area contributed by atoms with Gasteiger partial charge in [-0.1, -0.05) is 0 Å². The molecule has 1 aliphatic carbocycles. The van der Waals surface area contributed by atoms with Crippen molar-refractivity contribution in [1.82, 2.24) is 5.48 Å². The molecular formula is C11H17NO5S. The molecular weight excluding hydrogens is 258 g/mol. The zero-order valence-electron chi connectivity index (χ0n) is 10.2. The molecule has 6 nitrogen and oxygen atoms in total. The molecule has 7 heteroatoms. The Morgan fingerprint density at radius 1 is 1.56 bits per heavy atom. The summed E-state index contributed by atoms with van der Waals surface area (Å²) >= 11 is 1.47. The van der Waals surface area contributed by atoms with Crippen LogP contribution in [0.2, 0.25) is 0 Å². The van der Waals surface area contributed by atoms with E-state index in [1.54, 1.807) is 0 Å². The second kappa shape index (κ2) is 7.38. The Labute approximate surface area is 109 Å². The first-order chi connectivity index (χ1) is 8.49. The molecule has 0 spiro atoms. The molecule has 1 fully saturated rings. The molecule has 0 bridgehead atoms. The van der Waals surface area contributed by atoms with Crippen LogP contribution in [0.5, 0.6) is 0 Å². The van der Waals surface area contributed by atoms with Crippen molar-refractivity contribution >= 4 is 29.4 Å². The van der Waals surface area contributed by atoms with E-state index >= 15 is 0 Å². The van der Waals surface area contributed by atoms with E-state index in [9.17, 15) is 19.5 Å². The van der Waals surface area contributed by atoms with E-state index in [2.05, 4.69) is 4.84 Å². The Morgan fingerprint density at radius 2 is 2.28 bits per heavy atom. The highest BCUT2D eigenvalue weighted by Gasteiger charge is 2.30. The molecule has 1 rings (SSSR count). The van der Waals surface area contributed by atoms with E-state index in [0.29, 0.717) is 17.9 Å². The Hall–Kier alpha value is -1.08. The number of hydrogen-bond acceptors (Lipinski definition) is 6. The Morgan fingerprint density at radius 3 is 2.83 bits per heavy atom. The van der Waals surface area contributed by atoms with Crippen LogP contribution in [-0.2, 0) is 19.2 Å². The van der Waals surface area contributed by atoms with E-state index < -0.39 is 18.0 Å². The Bertz CT molecular complexity index is 333. The summed E-state index contributed by atoms with van der Waals surface area (Å²) in [5.74, 6) is 0.200. The number of amides is 1. The maximum absolute atomic E-state index is 11.4. The van der Waals surface area contributed by atoms with Gasteiger partial charge in [0.1, 0.15) is 5.78 Å². The monoisotopic (exact) mass is 275 g/mol. The second-order valence-corrected chi connectivity index (χ2v) is 5.36. The van der Waals surface area contributed by atoms with Gasteiger partial charge in [0.05, 0.1) is 12.5 Å². The van der Waals surface area contributed by atoms with Crippen molar-refractivity contribution in [3.05, 3.63) is 0 Å². The number of ketones is 1. The third-order valence-electron chi connectivity index (χ3n) is 2.53. The van der Waals surface area contributed by atoms with Gasteiger partial charge in [-0.3, -0.25) is 9.59 Å². The fraction of sp³-hybridized carbons (Fsp3) is 0.727. The molecule has 0 unspecified atom stereocenters. The van der Waals surface area contributed by atoms with E-state index in [-0.39, 0.29) is 24.5 Å². The second-order valence-electron chi connectivity index (χ2n) is 4.21. The van der Waals surface area contributed by atoms with Crippen LogP contribution in [0.4, 0.5) is 0 Å². The fourth-order valence-electron chi connectivity index (χ4n) is 1.66. The predicted octanol–water partition coefficient (Wildman–Crippen LogP) is 0.0440. The van der Waals surface area contributed by atoms with Crippen molar-refractivity contribution in [2.45, 2.75) is 32.3 Å². The average Bonchev–Trinajstić information content (AvgIpc) is 2.60. The molecule has 0 heterocycles. The number of hydroxylamine groups is 1. The van der Waals surface area contributed by atoms with Crippen LogP contribution in [0.3, 0.4) is 0 Å². The third kappa shape index (κ3) is 5.50. The maximum atomic E-state index is 11.4. The quantitative estimate of drug-likeness (QED) is 0.544. The van der Waals surface area contributed by atoms with Crippen molar-refractivity contribution in [3.63, 3.8) is 0 Å². The molecule has 0 aliphatic heterocycles. The van der Waals surface area contributed by atoms with Crippen molar-refractivity contribution in [1.29, 1.82) is 0 Å². The van der Waals surface area contributed by atoms with Gasteiger partial charge in [0.15, 0.2) is 0 Å². The number of nitrogens with one attached hydrogen (secondary N) is 1. The molecule has 0 aromatic heterocycles. The topological polar surface area (TPSA) is 92.7 Å².